The number of hydrogen-bond donors (Lipinski definition) is 1. The van der Waals surface area contributed by atoms with Crippen molar-refractivity contribution in [2.45, 2.75) is 52.5 Å². The summed E-state index contributed by atoms with van der Waals surface area (Å²) in [6.07, 6.45) is 1.55. The maximum Gasteiger partial charge on any atom is 0.271 e. The van der Waals surface area contributed by atoms with Gasteiger partial charge in [0.15, 0.2) is 0 Å². The molecule has 0 aliphatic carbocycles. The van der Waals surface area contributed by atoms with Crippen LogP contribution in [0.2, 0.25) is 0 Å². The third kappa shape index (κ3) is 5.28. The van der Waals surface area contributed by atoms with E-state index in [1.807, 2.05) is 6.92 Å². The van der Waals surface area contributed by atoms with E-state index >= 15 is 0 Å². The van der Waals surface area contributed by atoms with E-state index in [1.165, 1.54) is 27.9 Å². The third-order valence-electron chi connectivity index (χ3n) is 4.05. The van der Waals surface area contributed by atoms with E-state index in [4.69, 9.17) is 0 Å². The minimum Gasteiger partial charge on any atom is -0.350 e. The number of nitrogens with zero attached hydrogens (tertiary/aromatic N) is 2. The fourth-order valence-electron chi connectivity index (χ4n) is 2.52. The second kappa shape index (κ2) is 8.10. The average molecular weight is 341 g/mol. The number of rotatable bonds is 6. The first-order chi connectivity index (χ1) is 11.8. The van der Waals surface area contributed by atoms with Crippen molar-refractivity contribution >= 4 is 5.91 Å². The van der Waals surface area contributed by atoms with Gasteiger partial charge in [0.05, 0.1) is 0 Å². The van der Waals surface area contributed by atoms with Gasteiger partial charge in [0.2, 0.25) is 0 Å². The molecular weight excluding hydrogens is 314 g/mol. The first-order valence-corrected chi connectivity index (χ1v) is 8.77. The molecule has 25 heavy (non-hydrogen) atoms. The zero-order valence-electron chi connectivity index (χ0n) is 15.5. The highest BCUT2D eigenvalue weighted by Gasteiger charge is 2.13. The van der Waals surface area contributed by atoms with Crippen LogP contribution in [0.3, 0.4) is 0 Å². The van der Waals surface area contributed by atoms with Gasteiger partial charge >= 0.3 is 0 Å². The van der Waals surface area contributed by atoms with Crippen molar-refractivity contribution in [2.75, 3.05) is 6.54 Å². The molecule has 0 fully saturated rings. The molecule has 1 heterocycles. The Labute approximate surface area is 149 Å². The smallest absolute Gasteiger partial charge is 0.271 e. The molecule has 1 aromatic carbocycles. The molecule has 2 rings (SSSR count). The second-order valence-electron chi connectivity index (χ2n) is 7.23. The molecule has 0 aliphatic rings. The molecule has 0 radical (unpaired) electrons. The summed E-state index contributed by atoms with van der Waals surface area (Å²) in [5, 5.41) is 6.98. The van der Waals surface area contributed by atoms with Crippen molar-refractivity contribution in [1.29, 1.82) is 0 Å². The molecule has 0 unspecified atom stereocenters. The molecule has 1 aromatic heterocycles. The first kappa shape index (κ1) is 18.9. The van der Waals surface area contributed by atoms with E-state index < -0.39 is 0 Å². The van der Waals surface area contributed by atoms with Crippen LogP contribution in [0.15, 0.2) is 41.2 Å². The van der Waals surface area contributed by atoms with Crippen LogP contribution in [0.1, 0.15) is 55.7 Å². The summed E-state index contributed by atoms with van der Waals surface area (Å²) in [4.78, 5) is 23.8. The van der Waals surface area contributed by atoms with Crippen molar-refractivity contribution in [3.05, 3.63) is 63.6 Å². The number of amides is 1. The van der Waals surface area contributed by atoms with E-state index in [2.05, 4.69) is 55.5 Å². The van der Waals surface area contributed by atoms with Crippen molar-refractivity contribution < 1.29 is 4.79 Å². The molecule has 0 spiro atoms. The van der Waals surface area contributed by atoms with Crippen molar-refractivity contribution in [3.8, 4) is 0 Å². The van der Waals surface area contributed by atoms with Crippen LogP contribution in [0.5, 0.6) is 0 Å². The number of aryl methyl sites for hydroxylation is 1. The summed E-state index contributed by atoms with van der Waals surface area (Å²) in [5.74, 6) is -0.254. The van der Waals surface area contributed by atoms with Gasteiger partial charge in [-0.15, -0.1) is 0 Å². The number of aromatic nitrogens is 2. The minimum atomic E-state index is -0.254. The fourth-order valence-corrected chi connectivity index (χ4v) is 2.52. The van der Waals surface area contributed by atoms with Crippen LogP contribution >= 0.6 is 0 Å². The van der Waals surface area contributed by atoms with Gasteiger partial charge in [-0.1, -0.05) is 52.0 Å². The number of carbonyl (C=O) groups excluding carboxylic acids is 1. The van der Waals surface area contributed by atoms with Crippen LogP contribution in [0, 0.1) is 0 Å². The molecule has 0 bridgehead atoms. The largest absolute Gasteiger partial charge is 0.350 e. The highest BCUT2D eigenvalue weighted by atomic mass is 16.2. The summed E-state index contributed by atoms with van der Waals surface area (Å²) in [5.41, 5.74) is 2.70. The van der Waals surface area contributed by atoms with Gasteiger partial charge in [0, 0.05) is 19.2 Å². The Balaban J connectivity index is 1.92. The van der Waals surface area contributed by atoms with Crippen LogP contribution < -0.4 is 10.9 Å². The SMILES string of the molecule is CCCn1nc(C(=O)NCCc2ccc(C(C)(C)C)cc2)ccc1=O. The van der Waals surface area contributed by atoms with E-state index in [0.29, 0.717) is 13.1 Å². The summed E-state index contributed by atoms with van der Waals surface area (Å²) in [6, 6.07) is 11.3. The second-order valence-corrected chi connectivity index (χ2v) is 7.23. The summed E-state index contributed by atoms with van der Waals surface area (Å²) in [6.45, 7) is 9.57. The summed E-state index contributed by atoms with van der Waals surface area (Å²) < 4.78 is 1.33. The van der Waals surface area contributed by atoms with Crippen LogP contribution in [0.4, 0.5) is 0 Å². The van der Waals surface area contributed by atoms with Crippen molar-refractivity contribution in [3.63, 3.8) is 0 Å². The first-order valence-electron chi connectivity index (χ1n) is 8.77. The highest BCUT2D eigenvalue weighted by Crippen LogP contribution is 2.22. The van der Waals surface area contributed by atoms with E-state index in [9.17, 15) is 9.59 Å². The highest BCUT2D eigenvalue weighted by molar-refractivity contribution is 5.91. The molecule has 134 valence electrons. The predicted molar refractivity (Wildman–Crippen MR) is 100.0 cm³/mol. The zero-order chi connectivity index (χ0) is 18.4. The molecule has 0 saturated heterocycles. The van der Waals surface area contributed by atoms with E-state index in [1.54, 1.807) is 0 Å². The van der Waals surface area contributed by atoms with Crippen LogP contribution in [0.25, 0.3) is 0 Å². The lowest BCUT2D eigenvalue weighted by Crippen LogP contribution is -2.30. The van der Waals surface area contributed by atoms with E-state index in [-0.39, 0.29) is 22.6 Å². The Morgan fingerprint density at radius 3 is 2.40 bits per heavy atom. The van der Waals surface area contributed by atoms with Gasteiger partial charge < -0.3 is 5.32 Å². The summed E-state index contributed by atoms with van der Waals surface area (Å²) in [7, 11) is 0. The number of benzene rings is 1. The van der Waals surface area contributed by atoms with Gasteiger partial charge in [0.1, 0.15) is 5.69 Å². The zero-order valence-corrected chi connectivity index (χ0v) is 15.5. The topological polar surface area (TPSA) is 64.0 Å². The van der Waals surface area contributed by atoms with Crippen molar-refractivity contribution in [2.24, 2.45) is 0 Å². The normalized spacial score (nSPS) is 11.4. The predicted octanol–water partition coefficient (Wildman–Crippen LogP) is 2.92. The maximum atomic E-state index is 12.2. The number of hydrogen-bond acceptors (Lipinski definition) is 3. The quantitative estimate of drug-likeness (QED) is 0.878. The lowest BCUT2D eigenvalue weighted by atomic mass is 9.86. The monoisotopic (exact) mass is 341 g/mol. The van der Waals surface area contributed by atoms with Gasteiger partial charge in [0.25, 0.3) is 11.5 Å². The van der Waals surface area contributed by atoms with Crippen LogP contribution in [-0.4, -0.2) is 22.2 Å². The standard InChI is InChI=1S/C20H27N3O2/c1-5-14-23-18(24)11-10-17(22-23)19(25)21-13-12-15-6-8-16(9-7-15)20(2,3)4/h6-11H,5,12-14H2,1-4H3,(H,21,25). The Hall–Kier alpha value is -2.43. The van der Waals surface area contributed by atoms with Crippen molar-refractivity contribution in [1.82, 2.24) is 15.1 Å². The maximum absolute atomic E-state index is 12.2. The number of carbonyl (C=O) groups is 1. The molecular formula is C20H27N3O2. The number of nitrogens with one attached hydrogen (secondary N) is 1. The lowest BCUT2D eigenvalue weighted by molar-refractivity contribution is 0.0946. The Kier molecular flexibility index (Phi) is 6.12. The fraction of sp³-hybridized carbons (Fsp3) is 0.450. The lowest BCUT2D eigenvalue weighted by Gasteiger charge is -2.19. The Morgan fingerprint density at radius 1 is 1.12 bits per heavy atom. The molecule has 0 atom stereocenters. The molecule has 1 amide bonds. The Bertz CT molecular complexity index is 771. The molecule has 2 aromatic rings. The van der Waals surface area contributed by atoms with Crippen LogP contribution in [-0.2, 0) is 18.4 Å². The van der Waals surface area contributed by atoms with Gasteiger partial charge in [-0.2, -0.15) is 5.10 Å². The minimum absolute atomic E-state index is 0.139. The molecule has 0 aliphatic heterocycles. The summed E-state index contributed by atoms with van der Waals surface area (Å²) >= 11 is 0. The third-order valence-corrected chi connectivity index (χ3v) is 4.05. The molecule has 5 heteroatoms. The van der Waals surface area contributed by atoms with Gasteiger partial charge in [-0.3, -0.25) is 9.59 Å². The Morgan fingerprint density at radius 2 is 1.80 bits per heavy atom. The van der Waals surface area contributed by atoms with E-state index in [0.717, 1.165) is 12.8 Å². The average Bonchev–Trinajstić information content (AvgIpc) is 2.56. The molecule has 1 N–H and O–H groups in total. The van der Waals surface area contributed by atoms with Gasteiger partial charge in [-0.25, -0.2) is 4.68 Å². The molecule has 0 saturated carbocycles. The molecule has 5 nitrogen and oxygen atoms in total. The van der Waals surface area contributed by atoms with Gasteiger partial charge in [-0.05, 0) is 35.4 Å².